The van der Waals surface area contributed by atoms with Gasteiger partial charge in [0.05, 0.1) is 11.4 Å². The molecule has 0 unspecified atom stereocenters. The summed E-state index contributed by atoms with van der Waals surface area (Å²) in [5.74, 6) is -0.289. The third-order valence-electron chi connectivity index (χ3n) is 3.74. The molecule has 0 saturated carbocycles. The van der Waals surface area contributed by atoms with Gasteiger partial charge in [0.1, 0.15) is 0 Å². The summed E-state index contributed by atoms with van der Waals surface area (Å²) < 4.78 is 26.5. The van der Waals surface area contributed by atoms with Gasteiger partial charge in [-0.15, -0.1) is 0 Å². The fraction of sp³-hybridized carbons (Fsp3) is 0.278. The summed E-state index contributed by atoms with van der Waals surface area (Å²) in [5.41, 5.74) is 1.15. The summed E-state index contributed by atoms with van der Waals surface area (Å²) in [5, 5.41) is 6.23. The molecule has 0 saturated heterocycles. The number of carbonyl (C=O) groups is 1. The first-order chi connectivity index (χ1) is 12.4. The number of hydrogen-bond donors (Lipinski definition) is 2. The van der Waals surface area contributed by atoms with Crippen molar-refractivity contribution in [2.45, 2.75) is 18.7 Å². The van der Waals surface area contributed by atoms with Gasteiger partial charge in [0.25, 0.3) is 0 Å². The monoisotopic (exact) mass is 395 g/mol. The maximum atomic E-state index is 12.6. The molecule has 0 atom stereocenters. The Balaban J connectivity index is 2.05. The van der Waals surface area contributed by atoms with Crippen molar-refractivity contribution in [3.8, 4) is 0 Å². The van der Waals surface area contributed by atoms with E-state index in [0.717, 1.165) is 5.69 Å². The van der Waals surface area contributed by atoms with Gasteiger partial charge in [0, 0.05) is 29.5 Å². The van der Waals surface area contributed by atoms with Crippen LogP contribution in [0.3, 0.4) is 0 Å². The summed E-state index contributed by atoms with van der Waals surface area (Å²) in [7, 11) is -3.57. The molecule has 26 heavy (non-hydrogen) atoms. The van der Waals surface area contributed by atoms with Crippen molar-refractivity contribution in [1.29, 1.82) is 0 Å². The number of amides is 1. The van der Waals surface area contributed by atoms with Crippen LogP contribution >= 0.6 is 11.6 Å². The molecule has 0 bridgehead atoms. The lowest BCUT2D eigenvalue weighted by Gasteiger charge is -2.18. The summed E-state index contributed by atoms with van der Waals surface area (Å²) in [6.07, 6.45) is 0. The Hall–Kier alpha value is -2.09. The molecule has 0 fully saturated rings. The average Bonchev–Trinajstić information content (AvgIpc) is 2.61. The van der Waals surface area contributed by atoms with E-state index in [-0.39, 0.29) is 17.3 Å². The number of carbonyl (C=O) groups excluding carboxylic acids is 1. The minimum Gasteiger partial charge on any atom is -0.376 e. The highest BCUT2D eigenvalue weighted by Gasteiger charge is 2.21. The lowest BCUT2D eigenvalue weighted by Crippen LogP contribution is -2.30. The van der Waals surface area contributed by atoms with Crippen LogP contribution in [0.15, 0.2) is 53.4 Å². The maximum Gasteiger partial charge on any atom is 0.243 e. The second-order valence-electron chi connectivity index (χ2n) is 5.53. The summed E-state index contributed by atoms with van der Waals surface area (Å²) in [6, 6.07) is 13.3. The molecule has 0 spiro atoms. The second kappa shape index (κ2) is 9.02. The van der Waals surface area contributed by atoms with E-state index in [4.69, 9.17) is 11.6 Å². The Morgan fingerprint density at radius 3 is 2.35 bits per heavy atom. The topological polar surface area (TPSA) is 78.5 Å². The van der Waals surface area contributed by atoms with Gasteiger partial charge in [-0.2, -0.15) is 4.31 Å². The van der Waals surface area contributed by atoms with E-state index >= 15 is 0 Å². The molecule has 1 amide bonds. The van der Waals surface area contributed by atoms with E-state index in [1.54, 1.807) is 50.2 Å². The van der Waals surface area contributed by atoms with Crippen molar-refractivity contribution in [2.75, 3.05) is 30.3 Å². The number of nitrogens with one attached hydrogen (secondary N) is 2. The molecule has 2 N–H and O–H groups in total. The summed E-state index contributed by atoms with van der Waals surface area (Å²) in [6.45, 7) is 4.38. The van der Waals surface area contributed by atoms with Crippen molar-refractivity contribution in [3.63, 3.8) is 0 Å². The number of anilines is 2. The number of hydrogen-bond acceptors (Lipinski definition) is 4. The van der Waals surface area contributed by atoms with Crippen molar-refractivity contribution in [1.82, 2.24) is 4.31 Å². The van der Waals surface area contributed by atoms with E-state index in [2.05, 4.69) is 10.6 Å². The Labute approximate surface area is 159 Å². The number of nitrogens with zero attached hydrogens (tertiary/aromatic N) is 1. The Bertz CT molecular complexity index is 867. The van der Waals surface area contributed by atoms with Gasteiger partial charge in [-0.25, -0.2) is 8.42 Å². The Morgan fingerprint density at radius 2 is 1.69 bits per heavy atom. The van der Waals surface area contributed by atoms with Gasteiger partial charge in [-0.1, -0.05) is 37.6 Å². The van der Waals surface area contributed by atoms with Gasteiger partial charge < -0.3 is 10.6 Å². The molecule has 0 heterocycles. The van der Waals surface area contributed by atoms with Crippen LogP contribution in [-0.4, -0.2) is 38.3 Å². The minimum atomic E-state index is -3.57. The SMILES string of the molecule is CCN(CC)S(=O)(=O)c1cccc(NC(=O)CNc2cccc(Cl)c2)c1. The zero-order chi connectivity index (χ0) is 19.2. The lowest BCUT2D eigenvalue weighted by molar-refractivity contribution is -0.114. The third-order valence-corrected chi connectivity index (χ3v) is 6.02. The average molecular weight is 396 g/mol. The summed E-state index contributed by atoms with van der Waals surface area (Å²) >= 11 is 5.90. The van der Waals surface area contributed by atoms with Gasteiger partial charge in [-0.3, -0.25) is 4.79 Å². The fourth-order valence-electron chi connectivity index (χ4n) is 2.43. The van der Waals surface area contributed by atoms with Gasteiger partial charge >= 0.3 is 0 Å². The van der Waals surface area contributed by atoms with E-state index < -0.39 is 10.0 Å². The smallest absolute Gasteiger partial charge is 0.243 e. The van der Waals surface area contributed by atoms with Crippen molar-refractivity contribution in [3.05, 3.63) is 53.6 Å². The molecule has 0 aliphatic rings. The predicted molar refractivity (Wildman–Crippen MR) is 105 cm³/mol. The van der Waals surface area contributed by atoms with Crippen LogP contribution in [-0.2, 0) is 14.8 Å². The van der Waals surface area contributed by atoms with Crippen LogP contribution in [0.2, 0.25) is 5.02 Å². The fourth-order valence-corrected chi connectivity index (χ4v) is 4.13. The first kappa shape index (κ1) is 20.2. The second-order valence-corrected chi connectivity index (χ2v) is 7.90. The van der Waals surface area contributed by atoms with Crippen LogP contribution in [0.5, 0.6) is 0 Å². The third kappa shape index (κ3) is 5.20. The van der Waals surface area contributed by atoms with Gasteiger partial charge in [0.15, 0.2) is 0 Å². The standard InChI is InChI=1S/C18H22ClN3O3S/c1-3-22(4-2)26(24,25)17-10-6-9-16(12-17)21-18(23)13-20-15-8-5-7-14(19)11-15/h5-12,20H,3-4,13H2,1-2H3,(H,21,23). The van der Waals surface area contributed by atoms with E-state index in [1.807, 2.05) is 0 Å². The molecule has 2 aromatic rings. The normalized spacial score (nSPS) is 11.4. The van der Waals surface area contributed by atoms with Gasteiger partial charge in [0.2, 0.25) is 15.9 Å². The predicted octanol–water partition coefficient (Wildman–Crippen LogP) is 3.42. The first-order valence-electron chi connectivity index (χ1n) is 8.26. The maximum absolute atomic E-state index is 12.6. The lowest BCUT2D eigenvalue weighted by atomic mass is 10.3. The van der Waals surface area contributed by atoms with Crippen molar-refractivity contribution < 1.29 is 13.2 Å². The van der Waals surface area contributed by atoms with Crippen LogP contribution in [0, 0.1) is 0 Å². The zero-order valence-corrected chi connectivity index (χ0v) is 16.3. The Morgan fingerprint density at radius 1 is 1.04 bits per heavy atom. The summed E-state index contributed by atoms with van der Waals surface area (Å²) in [4.78, 5) is 12.3. The number of rotatable bonds is 8. The minimum absolute atomic E-state index is 0.0351. The van der Waals surface area contributed by atoms with Crippen LogP contribution < -0.4 is 10.6 Å². The molecule has 8 heteroatoms. The highest BCUT2D eigenvalue weighted by Crippen LogP contribution is 2.19. The van der Waals surface area contributed by atoms with Crippen molar-refractivity contribution >= 4 is 38.9 Å². The Kier molecular flexibility index (Phi) is 7.02. The molecular weight excluding hydrogens is 374 g/mol. The van der Waals surface area contributed by atoms with Crippen LogP contribution in [0.25, 0.3) is 0 Å². The van der Waals surface area contributed by atoms with Crippen LogP contribution in [0.1, 0.15) is 13.8 Å². The number of halogens is 1. The molecule has 0 aliphatic carbocycles. The number of sulfonamides is 1. The van der Waals surface area contributed by atoms with Gasteiger partial charge in [-0.05, 0) is 36.4 Å². The molecule has 2 aromatic carbocycles. The molecule has 0 aliphatic heterocycles. The van der Waals surface area contributed by atoms with E-state index in [1.165, 1.54) is 16.4 Å². The molecule has 0 radical (unpaired) electrons. The quantitative estimate of drug-likeness (QED) is 0.717. The largest absolute Gasteiger partial charge is 0.376 e. The highest BCUT2D eigenvalue weighted by atomic mass is 35.5. The number of benzene rings is 2. The van der Waals surface area contributed by atoms with E-state index in [0.29, 0.717) is 23.8 Å². The van der Waals surface area contributed by atoms with Crippen molar-refractivity contribution in [2.24, 2.45) is 0 Å². The molecule has 2 rings (SSSR count). The molecule has 6 nitrogen and oxygen atoms in total. The molecule has 140 valence electrons. The van der Waals surface area contributed by atoms with Crippen LogP contribution in [0.4, 0.5) is 11.4 Å². The molecule has 0 aromatic heterocycles. The molecular formula is C18H22ClN3O3S. The highest BCUT2D eigenvalue weighted by molar-refractivity contribution is 7.89. The van der Waals surface area contributed by atoms with E-state index in [9.17, 15) is 13.2 Å². The zero-order valence-electron chi connectivity index (χ0n) is 14.7. The first-order valence-corrected chi connectivity index (χ1v) is 10.1.